The highest BCUT2D eigenvalue weighted by atomic mass is 15.3. The maximum absolute atomic E-state index is 4.87. The first-order valence-electron chi connectivity index (χ1n) is 8.66. The van der Waals surface area contributed by atoms with Crippen molar-refractivity contribution in [2.45, 2.75) is 48.0 Å². The van der Waals surface area contributed by atoms with Gasteiger partial charge in [0.15, 0.2) is 5.82 Å². The van der Waals surface area contributed by atoms with Gasteiger partial charge in [0.25, 0.3) is 0 Å². The molecule has 0 aliphatic carbocycles. The summed E-state index contributed by atoms with van der Waals surface area (Å²) in [6.45, 7) is 13.1. The Hall–Kier alpha value is -2.43. The zero-order valence-electron chi connectivity index (χ0n) is 16.5. The van der Waals surface area contributed by atoms with E-state index in [1.807, 2.05) is 18.8 Å². The van der Waals surface area contributed by atoms with Crippen LogP contribution in [0.1, 0.15) is 44.9 Å². The Morgan fingerprint density at radius 2 is 1.36 bits per heavy atom. The van der Waals surface area contributed by atoms with Gasteiger partial charge in [0, 0.05) is 37.3 Å². The number of aryl methyl sites for hydroxylation is 2. The Morgan fingerprint density at radius 1 is 0.800 bits per heavy atom. The largest absolute Gasteiger partial charge is 0.272 e. The monoisotopic (exact) mass is 337 g/mol. The number of hydrogen-bond donors (Lipinski definition) is 0. The molecular weight excluding hydrogens is 310 g/mol. The van der Waals surface area contributed by atoms with E-state index in [1.165, 1.54) is 38.9 Å². The van der Waals surface area contributed by atoms with Crippen LogP contribution in [0.3, 0.4) is 0 Å². The molecule has 0 amide bonds. The molecule has 3 rings (SSSR count). The Kier molecular flexibility index (Phi) is 4.27. The summed E-state index contributed by atoms with van der Waals surface area (Å²) in [5, 5.41) is 9.32. The maximum atomic E-state index is 4.87. The second-order valence-electron chi connectivity index (χ2n) is 7.05. The summed E-state index contributed by atoms with van der Waals surface area (Å²) >= 11 is 0. The lowest BCUT2D eigenvalue weighted by Gasteiger charge is -2.18. The fraction of sp³-hybridized carbons (Fsp3) is 0.450. The molecule has 0 aliphatic rings. The molecule has 132 valence electrons. The van der Waals surface area contributed by atoms with Gasteiger partial charge in [0.2, 0.25) is 0 Å². The third-order valence-corrected chi connectivity index (χ3v) is 5.68. The summed E-state index contributed by atoms with van der Waals surface area (Å²) in [6, 6.07) is 0. The lowest BCUT2D eigenvalue weighted by molar-refractivity contribution is 0.736. The lowest BCUT2D eigenvalue weighted by atomic mass is 9.86. The van der Waals surface area contributed by atoms with E-state index in [0.29, 0.717) is 6.42 Å². The van der Waals surface area contributed by atoms with Crippen molar-refractivity contribution in [3.05, 3.63) is 51.2 Å². The van der Waals surface area contributed by atoms with Crippen LogP contribution in [0.5, 0.6) is 0 Å². The number of benzene rings is 1. The van der Waals surface area contributed by atoms with Gasteiger partial charge in [0.1, 0.15) is 6.33 Å². The highest BCUT2D eigenvalue weighted by Crippen LogP contribution is 2.36. The van der Waals surface area contributed by atoms with Crippen LogP contribution in [0.15, 0.2) is 6.33 Å². The number of rotatable bonds is 3. The molecule has 3 aromatic rings. The van der Waals surface area contributed by atoms with E-state index in [-0.39, 0.29) is 0 Å². The van der Waals surface area contributed by atoms with Crippen LogP contribution in [0.2, 0.25) is 0 Å². The highest BCUT2D eigenvalue weighted by Gasteiger charge is 2.22. The Morgan fingerprint density at radius 3 is 1.88 bits per heavy atom. The zero-order chi connectivity index (χ0) is 18.5. The van der Waals surface area contributed by atoms with Gasteiger partial charge in [-0.15, -0.1) is 0 Å². The van der Waals surface area contributed by atoms with Gasteiger partial charge in [-0.2, -0.15) is 10.2 Å². The number of nitrogens with zero attached hydrogens (tertiary/aromatic N) is 5. The van der Waals surface area contributed by atoms with Crippen LogP contribution in [-0.4, -0.2) is 24.5 Å². The van der Waals surface area contributed by atoms with Gasteiger partial charge in [-0.3, -0.25) is 9.36 Å². The third-order valence-electron chi connectivity index (χ3n) is 5.68. The van der Waals surface area contributed by atoms with E-state index >= 15 is 0 Å². The van der Waals surface area contributed by atoms with Gasteiger partial charge in [-0.1, -0.05) is 0 Å². The molecule has 0 radical (unpaired) electrons. The molecule has 0 aliphatic heterocycles. The maximum Gasteiger partial charge on any atom is 0.155 e. The first-order chi connectivity index (χ1) is 11.7. The van der Waals surface area contributed by atoms with E-state index in [0.717, 1.165) is 17.2 Å². The molecule has 0 fully saturated rings. The van der Waals surface area contributed by atoms with E-state index in [4.69, 9.17) is 5.10 Å². The van der Waals surface area contributed by atoms with Crippen molar-refractivity contribution in [1.29, 1.82) is 0 Å². The van der Waals surface area contributed by atoms with E-state index in [2.05, 4.69) is 51.6 Å². The Labute approximate surface area is 149 Å². The van der Waals surface area contributed by atoms with Crippen LogP contribution in [-0.2, 0) is 20.5 Å². The van der Waals surface area contributed by atoms with Crippen molar-refractivity contribution < 1.29 is 0 Å². The van der Waals surface area contributed by atoms with Crippen LogP contribution >= 0.6 is 0 Å². The van der Waals surface area contributed by atoms with Crippen molar-refractivity contribution in [3.63, 3.8) is 0 Å². The van der Waals surface area contributed by atoms with Gasteiger partial charge in [-0.25, -0.2) is 4.98 Å². The summed E-state index contributed by atoms with van der Waals surface area (Å²) in [6.07, 6.45) is 2.44. The highest BCUT2D eigenvalue weighted by molar-refractivity contribution is 5.75. The second kappa shape index (κ2) is 6.14. The Bertz CT molecular complexity index is 930. The molecule has 0 saturated heterocycles. The second-order valence-corrected chi connectivity index (χ2v) is 7.05. The zero-order valence-corrected chi connectivity index (χ0v) is 16.5. The molecule has 0 N–H and O–H groups in total. The van der Waals surface area contributed by atoms with Gasteiger partial charge >= 0.3 is 0 Å². The molecule has 1 aromatic carbocycles. The first-order valence-corrected chi connectivity index (χ1v) is 8.66. The number of hydrogen-bond acceptors (Lipinski definition) is 3. The first kappa shape index (κ1) is 17.4. The summed E-state index contributed by atoms with van der Waals surface area (Å²) in [5.74, 6) is 0.829. The summed E-state index contributed by atoms with van der Waals surface area (Å²) in [5.41, 5.74) is 11.4. The predicted molar refractivity (Wildman–Crippen MR) is 101 cm³/mol. The quantitative estimate of drug-likeness (QED) is 0.733. The minimum absolute atomic E-state index is 0.695. The smallest absolute Gasteiger partial charge is 0.155 e. The topological polar surface area (TPSA) is 48.5 Å². The van der Waals surface area contributed by atoms with Crippen LogP contribution in [0, 0.1) is 41.5 Å². The van der Waals surface area contributed by atoms with Crippen LogP contribution in [0.4, 0.5) is 0 Å². The molecule has 5 nitrogen and oxygen atoms in total. The van der Waals surface area contributed by atoms with Crippen molar-refractivity contribution in [2.24, 2.45) is 14.1 Å². The third kappa shape index (κ3) is 2.77. The molecule has 0 spiro atoms. The van der Waals surface area contributed by atoms with Gasteiger partial charge in [0.05, 0.1) is 5.69 Å². The lowest BCUT2D eigenvalue weighted by Crippen LogP contribution is -2.02. The minimum Gasteiger partial charge on any atom is -0.272 e. The number of aromatic nitrogens is 5. The van der Waals surface area contributed by atoms with Crippen molar-refractivity contribution in [1.82, 2.24) is 24.5 Å². The molecule has 2 heterocycles. The molecular formula is C20H27N5. The van der Waals surface area contributed by atoms with E-state index in [9.17, 15) is 0 Å². The normalized spacial score (nSPS) is 11.4. The van der Waals surface area contributed by atoms with Crippen LogP contribution in [0.25, 0.3) is 11.3 Å². The summed E-state index contributed by atoms with van der Waals surface area (Å²) in [7, 11) is 3.90. The molecule has 0 atom stereocenters. The standard InChI is InChI=1S/C20H27N5/c1-11-12(2)14(4)19(15(5)13(11)3)20-17(16(6)25(8)23-20)9-18-21-10-24(7)22-18/h10H,9H2,1-8H3. The van der Waals surface area contributed by atoms with Crippen molar-refractivity contribution in [2.75, 3.05) is 0 Å². The summed E-state index contributed by atoms with van der Waals surface area (Å²) in [4.78, 5) is 4.41. The molecule has 0 bridgehead atoms. The fourth-order valence-electron chi connectivity index (χ4n) is 3.54. The molecule has 2 aromatic heterocycles. The van der Waals surface area contributed by atoms with Crippen molar-refractivity contribution >= 4 is 0 Å². The molecule has 0 saturated carbocycles. The average Bonchev–Trinajstić information content (AvgIpc) is 3.10. The van der Waals surface area contributed by atoms with Crippen molar-refractivity contribution in [3.8, 4) is 11.3 Å². The fourth-order valence-corrected chi connectivity index (χ4v) is 3.54. The molecule has 0 unspecified atom stereocenters. The minimum atomic E-state index is 0.695. The SMILES string of the molecule is Cc1c(C)c(C)c(-c2nn(C)c(C)c2Cc2ncn(C)n2)c(C)c1C. The van der Waals surface area contributed by atoms with E-state index in [1.54, 1.807) is 11.0 Å². The van der Waals surface area contributed by atoms with Gasteiger partial charge < -0.3 is 0 Å². The molecule has 25 heavy (non-hydrogen) atoms. The summed E-state index contributed by atoms with van der Waals surface area (Å²) < 4.78 is 3.72. The van der Waals surface area contributed by atoms with E-state index < -0.39 is 0 Å². The Balaban J connectivity index is 2.24. The van der Waals surface area contributed by atoms with Crippen LogP contribution < -0.4 is 0 Å². The average molecular weight is 337 g/mol. The predicted octanol–water partition coefficient (Wildman–Crippen LogP) is 3.66. The molecule has 5 heteroatoms. The van der Waals surface area contributed by atoms with Gasteiger partial charge in [-0.05, 0) is 69.4 Å².